The Kier molecular flexibility index (Phi) is 6.95. The van der Waals surface area contributed by atoms with E-state index in [4.69, 9.17) is 4.42 Å². The molecule has 0 bridgehead atoms. The molecule has 1 aliphatic rings. The number of hydrogen-bond acceptors (Lipinski definition) is 5. The van der Waals surface area contributed by atoms with Crippen molar-refractivity contribution in [2.24, 2.45) is 18.0 Å². The molecule has 8 nitrogen and oxygen atoms in total. The van der Waals surface area contributed by atoms with E-state index in [0.717, 1.165) is 61.7 Å². The first-order chi connectivity index (χ1) is 13.9. The van der Waals surface area contributed by atoms with Crippen LogP contribution < -0.4 is 10.6 Å². The first-order valence-electron chi connectivity index (χ1n) is 10.5. The molecule has 160 valence electrons. The maximum Gasteiger partial charge on any atom is 0.208 e. The van der Waals surface area contributed by atoms with E-state index in [0.29, 0.717) is 5.92 Å². The van der Waals surface area contributed by atoms with Gasteiger partial charge in [0.25, 0.3) is 0 Å². The molecule has 2 aromatic heterocycles. The number of aromatic nitrogens is 3. The number of likely N-dealkylation sites (tertiary alicyclic amines) is 1. The summed E-state index contributed by atoms with van der Waals surface area (Å²) in [5, 5.41) is 11.4. The molecule has 1 fully saturated rings. The monoisotopic (exact) mass is 401 g/mol. The number of nitrogens with zero attached hydrogens (tertiary/aromatic N) is 5. The van der Waals surface area contributed by atoms with Crippen LogP contribution in [0.1, 0.15) is 47.1 Å². The van der Waals surface area contributed by atoms with Gasteiger partial charge in [-0.25, -0.2) is 4.98 Å². The van der Waals surface area contributed by atoms with Crippen LogP contribution in [-0.4, -0.2) is 52.3 Å². The summed E-state index contributed by atoms with van der Waals surface area (Å²) in [7, 11) is 3.80. The van der Waals surface area contributed by atoms with E-state index < -0.39 is 0 Å². The fourth-order valence-corrected chi connectivity index (χ4v) is 3.85. The molecule has 29 heavy (non-hydrogen) atoms. The lowest BCUT2D eigenvalue weighted by atomic mass is 9.97. The van der Waals surface area contributed by atoms with E-state index in [1.54, 1.807) is 0 Å². The number of aryl methyl sites for hydroxylation is 4. The van der Waals surface area contributed by atoms with Gasteiger partial charge in [0.05, 0.1) is 17.9 Å². The second-order valence-corrected chi connectivity index (χ2v) is 8.05. The first-order valence-corrected chi connectivity index (χ1v) is 10.5. The molecule has 3 heterocycles. The highest BCUT2D eigenvalue weighted by molar-refractivity contribution is 5.79. The molecule has 0 aromatic carbocycles. The van der Waals surface area contributed by atoms with Gasteiger partial charge >= 0.3 is 0 Å². The SMILES string of the molecule is CN=C(NCc1c(C)nn(C)c1C)NCC1CCN(Cc2nc(C)c(C)o2)CC1. The Hall–Kier alpha value is -2.35. The summed E-state index contributed by atoms with van der Waals surface area (Å²) >= 11 is 0. The van der Waals surface area contributed by atoms with Gasteiger partial charge in [-0.15, -0.1) is 0 Å². The minimum Gasteiger partial charge on any atom is -0.444 e. The predicted octanol–water partition coefficient (Wildman–Crippen LogP) is 2.22. The second-order valence-electron chi connectivity index (χ2n) is 8.05. The third kappa shape index (κ3) is 5.38. The molecular weight excluding hydrogens is 366 g/mol. The molecule has 0 aliphatic carbocycles. The van der Waals surface area contributed by atoms with E-state index in [-0.39, 0.29) is 0 Å². The van der Waals surface area contributed by atoms with Crippen molar-refractivity contribution >= 4 is 5.96 Å². The summed E-state index contributed by atoms with van der Waals surface area (Å²) in [4.78, 5) is 11.3. The van der Waals surface area contributed by atoms with Crippen LogP contribution in [0.15, 0.2) is 9.41 Å². The van der Waals surface area contributed by atoms with E-state index in [1.165, 1.54) is 24.1 Å². The molecular formula is C21H35N7O. The van der Waals surface area contributed by atoms with Gasteiger partial charge in [0.2, 0.25) is 5.89 Å². The first kappa shape index (κ1) is 21.4. The highest BCUT2D eigenvalue weighted by Gasteiger charge is 2.21. The number of oxazole rings is 1. The molecule has 1 saturated heterocycles. The van der Waals surface area contributed by atoms with E-state index >= 15 is 0 Å². The molecule has 1 aliphatic heterocycles. The van der Waals surface area contributed by atoms with Gasteiger partial charge in [-0.05, 0) is 59.5 Å². The lowest BCUT2D eigenvalue weighted by molar-refractivity contribution is 0.164. The second kappa shape index (κ2) is 9.43. The maximum atomic E-state index is 5.72. The van der Waals surface area contributed by atoms with Crippen LogP contribution in [-0.2, 0) is 20.1 Å². The Bertz CT molecular complexity index is 824. The van der Waals surface area contributed by atoms with E-state index in [1.807, 2.05) is 32.6 Å². The summed E-state index contributed by atoms with van der Waals surface area (Å²) < 4.78 is 7.65. The quantitative estimate of drug-likeness (QED) is 0.570. The van der Waals surface area contributed by atoms with Crippen LogP contribution in [0, 0.1) is 33.6 Å². The highest BCUT2D eigenvalue weighted by atomic mass is 16.4. The largest absolute Gasteiger partial charge is 0.444 e. The van der Waals surface area contributed by atoms with Crippen molar-refractivity contribution in [3.05, 3.63) is 34.3 Å². The van der Waals surface area contributed by atoms with Crippen molar-refractivity contribution in [2.75, 3.05) is 26.7 Å². The molecule has 0 unspecified atom stereocenters. The van der Waals surface area contributed by atoms with Gasteiger partial charge in [0.1, 0.15) is 5.76 Å². The number of hydrogen-bond donors (Lipinski definition) is 2. The van der Waals surface area contributed by atoms with Crippen molar-refractivity contribution in [1.29, 1.82) is 0 Å². The number of piperidine rings is 1. The Labute approximate surface area is 173 Å². The summed E-state index contributed by atoms with van der Waals surface area (Å²) in [6.45, 7) is 12.8. The van der Waals surface area contributed by atoms with Crippen molar-refractivity contribution in [3.8, 4) is 0 Å². The summed E-state index contributed by atoms with van der Waals surface area (Å²) in [6, 6.07) is 0. The van der Waals surface area contributed by atoms with Gasteiger partial charge in [-0.1, -0.05) is 0 Å². The fourth-order valence-electron chi connectivity index (χ4n) is 3.85. The van der Waals surface area contributed by atoms with Gasteiger partial charge in [0.15, 0.2) is 5.96 Å². The fraction of sp³-hybridized carbons (Fsp3) is 0.667. The van der Waals surface area contributed by atoms with Crippen molar-refractivity contribution in [3.63, 3.8) is 0 Å². The van der Waals surface area contributed by atoms with E-state index in [9.17, 15) is 0 Å². The molecule has 0 saturated carbocycles. The zero-order valence-electron chi connectivity index (χ0n) is 18.7. The Balaban J connectivity index is 1.40. The lowest BCUT2D eigenvalue weighted by Crippen LogP contribution is -2.42. The average molecular weight is 402 g/mol. The number of nitrogens with one attached hydrogen (secondary N) is 2. The van der Waals surface area contributed by atoms with Crippen molar-refractivity contribution < 1.29 is 4.42 Å². The minimum atomic E-state index is 0.652. The van der Waals surface area contributed by atoms with Gasteiger partial charge in [-0.2, -0.15) is 5.10 Å². The molecule has 2 aromatic rings. The summed E-state index contributed by atoms with van der Waals surface area (Å²) in [5.41, 5.74) is 4.49. The summed E-state index contributed by atoms with van der Waals surface area (Å²) in [5.74, 6) is 3.26. The number of aliphatic imine (C=N–C) groups is 1. The third-order valence-corrected chi connectivity index (χ3v) is 6.01. The summed E-state index contributed by atoms with van der Waals surface area (Å²) in [6.07, 6.45) is 2.34. The molecule has 8 heteroatoms. The third-order valence-electron chi connectivity index (χ3n) is 6.01. The van der Waals surface area contributed by atoms with Gasteiger partial charge < -0.3 is 15.1 Å². The minimum absolute atomic E-state index is 0.652. The van der Waals surface area contributed by atoms with Crippen LogP contribution in [0.5, 0.6) is 0 Å². The molecule has 0 atom stereocenters. The van der Waals surface area contributed by atoms with Crippen LogP contribution in [0.25, 0.3) is 0 Å². The molecule has 0 radical (unpaired) electrons. The Morgan fingerprint density at radius 2 is 1.86 bits per heavy atom. The predicted molar refractivity (Wildman–Crippen MR) is 115 cm³/mol. The molecule has 2 N–H and O–H groups in total. The smallest absolute Gasteiger partial charge is 0.208 e. The maximum absolute atomic E-state index is 5.72. The van der Waals surface area contributed by atoms with Gasteiger partial charge in [-0.3, -0.25) is 14.6 Å². The number of guanidine groups is 1. The zero-order chi connectivity index (χ0) is 21.0. The van der Waals surface area contributed by atoms with Crippen LogP contribution >= 0.6 is 0 Å². The van der Waals surface area contributed by atoms with Crippen LogP contribution in [0.3, 0.4) is 0 Å². The standard InChI is InChI=1S/C21H35N7O/c1-14-17(4)29-20(25-14)13-28-9-7-18(8-10-28)11-23-21(22-5)24-12-19-15(2)26-27(6)16(19)3/h18H,7-13H2,1-6H3,(H2,22,23,24). The van der Waals surface area contributed by atoms with Crippen LogP contribution in [0.2, 0.25) is 0 Å². The van der Waals surface area contributed by atoms with Crippen LogP contribution in [0.4, 0.5) is 0 Å². The topological polar surface area (TPSA) is 83.5 Å². The molecule has 0 spiro atoms. The Morgan fingerprint density at radius 3 is 2.41 bits per heavy atom. The van der Waals surface area contributed by atoms with Crippen molar-refractivity contribution in [2.45, 2.75) is 53.6 Å². The molecule has 0 amide bonds. The normalized spacial score (nSPS) is 16.4. The average Bonchev–Trinajstić information content (AvgIpc) is 3.14. The Morgan fingerprint density at radius 1 is 1.14 bits per heavy atom. The molecule has 3 rings (SSSR count). The highest BCUT2D eigenvalue weighted by Crippen LogP contribution is 2.19. The lowest BCUT2D eigenvalue weighted by Gasteiger charge is -2.31. The van der Waals surface area contributed by atoms with E-state index in [2.05, 4.69) is 44.5 Å². The van der Waals surface area contributed by atoms with Gasteiger partial charge in [0, 0.05) is 38.4 Å². The zero-order valence-corrected chi connectivity index (χ0v) is 18.7. The number of rotatable bonds is 6. The van der Waals surface area contributed by atoms with Crippen molar-refractivity contribution in [1.82, 2.24) is 30.3 Å².